The van der Waals surface area contributed by atoms with E-state index in [9.17, 15) is 9.18 Å². The van der Waals surface area contributed by atoms with Crippen molar-refractivity contribution in [1.82, 2.24) is 15.1 Å². The van der Waals surface area contributed by atoms with Gasteiger partial charge in [0.15, 0.2) is 5.82 Å². The summed E-state index contributed by atoms with van der Waals surface area (Å²) < 4.78 is 15.7. The van der Waals surface area contributed by atoms with Gasteiger partial charge in [-0.15, -0.1) is 0 Å². The summed E-state index contributed by atoms with van der Waals surface area (Å²) in [5.74, 6) is 0.356. The zero-order valence-corrected chi connectivity index (χ0v) is 13.8. The van der Waals surface area contributed by atoms with E-state index in [-0.39, 0.29) is 5.91 Å². The molecule has 1 fully saturated rings. The summed E-state index contributed by atoms with van der Waals surface area (Å²) in [7, 11) is 0. The van der Waals surface area contributed by atoms with E-state index in [1.165, 1.54) is 10.7 Å². The Morgan fingerprint density at radius 3 is 3.08 bits per heavy atom. The molecule has 2 unspecified atom stereocenters. The van der Waals surface area contributed by atoms with Gasteiger partial charge in [0.2, 0.25) is 5.91 Å². The van der Waals surface area contributed by atoms with Crippen LogP contribution in [0.3, 0.4) is 0 Å². The first kappa shape index (κ1) is 16.6. The zero-order chi connectivity index (χ0) is 16.9. The van der Waals surface area contributed by atoms with Crippen LogP contribution in [0.2, 0.25) is 0 Å². The quantitative estimate of drug-likeness (QED) is 0.886. The van der Waals surface area contributed by atoms with Gasteiger partial charge in [0, 0.05) is 24.5 Å². The van der Waals surface area contributed by atoms with Crippen molar-refractivity contribution < 1.29 is 9.18 Å². The van der Waals surface area contributed by atoms with E-state index in [1.807, 2.05) is 0 Å². The van der Waals surface area contributed by atoms with Crippen molar-refractivity contribution >= 4 is 11.6 Å². The van der Waals surface area contributed by atoms with Crippen molar-refractivity contribution in [3.63, 3.8) is 0 Å². The number of nitrogens with one attached hydrogen (secondary N) is 2. The van der Waals surface area contributed by atoms with Crippen molar-refractivity contribution in [2.75, 3.05) is 18.4 Å². The monoisotopic (exact) mass is 330 g/mol. The minimum atomic E-state index is -0.416. The van der Waals surface area contributed by atoms with Gasteiger partial charge in [-0.25, -0.2) is 9.07 Å². The molecule has 1 saturated heterocycles. The van der Waals surface area contributed by atoms with Gasteiger partial charge in [-0.1, -0.05) is 6.92 Å². The number of carbonyl (C=O) groups excluding carboxylic acids is 1. The van der Waals surface area contributed by atoms with Crippen LogP contribution in [0, 0.1) is 17.7 Å². The Morgan fingerprint density at radius 1 is 1.54 bits per heavy atom. The molecule has 1 aromatic heterocycles. The van der Waals surface area contributed by atoms with Crippen LogP contribution in [0.15, 0.2) is 36.7 Å². The Bertz CT molecular complexity index is 680. The maximum absolute atomic E-state index is 14.2. The summed E-state index contributed by atoms with van der Waals surface area (Å²) in [6.07, 6.45) is 6.05. The Kier molecular flexibility index (Phi) is 5.25. The fourth-order valence-corrected chi connectivity index (χ4v) is 3.22. The van der Waals surface area contributed by atoms with Crippen LogP contribution >= 0.6 is 0 Å². The van der Waals surface area contributed by atoms with E-state index in [4.69, 9.17) is 0 Å². The highest BCUT2D eigenvalue weighted by Crippen LogP contribution is 2.23. The highest BCUT2D eigenvalue weighted by molar-refractivity contribution is 5.90. The van der Waals surface area contributed by atoms with Crippen molar-refractivity contribution in [1.29, 1.82) is 0 Å². The fraction of sp³-hybridized carbons (Fsp3) is 0.444. The van der Waals surface area contributed by atoms with Crippen LogP contribution in [0.4, 0.5) is 10.1 Å². The molecule has 2 N–H and O–H groups in total. The van der Waals surface area contributed by atoms with Gasteiger partial charge in [0.1, 0.15) is 5.69 Å². The molecule has 1 aromatic carbocycles. The van der Waals surface area contributed by atoms with E-state index in [0.29, 0.717) is 29.6 Å². The molecule has 0 saturated carbocycles. The molecule has 24 heavy (non-hydrogen) atoms. The third kappa shape index (κ3) is 4.00. The summed E-state index contributed by atoms with van der Waals surface area (Å²) >= 11 is 0. The van der Waals surface area contributed by atoms with Gasteiger partial charge >= 0.3 is 0 Å². The van der Waals surface area contributed by atoms with Gasteiger partial charge in [0.05, 0.1) is 0 Å². The average molecular weight is 330 g/mol. The second-order valence-electron chi connectivity index (χ2n) is 6.45. The topological polar surface area (TPSA) is 59.0 Å². The minimum Gasteiger partial charge on any atom is -0.326 e. The number of anilines is 1. The molecule has 128 valence electrons. The number of halogens is 1. The molecule has 6 heteroatoms. The van der Waals surface area contributed by atoms with Crippen LogP contribution in [-0.4, -0.2) is 28.8 Å². The molecule has 1 amide bonds. The van der Waals surface area contributed by atoms with Crippen molar-refractivity contribution in [3.05, 3.63) is 42.5 Å². The molecule has 1 aliphatic heterocycles. The molecule has 0 radical (unpaired) electrons. The van der Waals surface area contributed by atoms with Crippen molar-refractivity contribution in [2.24, 2.45) is 11.8 Å². The van der Waals surface area contributed by atoms with Crippen molar-refractivity contribution in [2.45, 2.75) is 26.2 Å². The smallest absolute Gasteiger partial charge is 0.224 e. The number of carbonyl (C=O) groups is 1. The summed E-state index contributed by atoms with van der Waals surface area (Å²) in [5, 5.41) is 10.2. The lowest BCUT2D eigenvalue weighted by atomic mass is 9.85. The zero-order valence-electron chi connectivity index (χ0n) is 13.8. The molecule has 0 bridgehead atoms. The highest BCUT2D eigenvalue weighted by atomic mass is 19.1. The van der Waals surface area contributed by atoms with Crippen LogP contribution in [0.25, 0.3) is 5.69 Å². The van der Waals surface area contributed by atoms with Gasteiger partial charge in [-0.05, 0) is 62.0 Å². The van der Waals surface area contributed by atoms with Crippen LogP contribution in [-0.2, 0) is 4.79 Å². The SMILES string of the molecule is CC(CC(=O)Nc1ccc(-n2cccn2)c(F)c1)C1CCCNC1. The molecular formula is C18H23FN4O. The predicted octanol–water partition coefficient (Wildman–Crippen LogP) is 2.98. The first-order chi connectivity index (χ1) is 11.6. The second-order valence-corrected chi connectivity index (χ2v) is 6.45. The molecular weight excluding hydrogens is 307 g/mol. The van der Waals surface area contributed by atoms with Gasteiger partial charge in [-0.3, -0.25) is 4.79 Å². The summed E-state index contributed by atoms with van der Waals surface area (Å²) in [5.41, 5.74) is 0.835. The third-order valence-corrected chi connectivity index (χ3v) is 4.63. The Labute approximate surface area is 141 Å². The number of hydrogen-bond donors (Lipinski definition) is 2. The van der Waals surface area contributed by atoms with Gasteiger partial charge in [-0.2, -0.15) is 5.10 Å². The van der Waals surface area contributed by atoms with E-state index in [2.05, 4.69) is 22.7 Å². The largest absolute Gasteiger partial charge is 0.326 e. The molecule has 1 aliphatic rings. The number of rotatable bonds is 5. The van der Waals surface area contributed by atoms with Crippen molar-refractivity contribution in [3.8, 4) is 5.69 Å². The van der Waals surface area contributed by atoms with Gasteiger partial charge < -0.3 is 10.6 Å². The minimum absolute atomic E-state index is 0.0701. The van der Waals surface area contributed by atoms with E-state index in [1.54, 1.807) is 30.6 Å². The van der Waals surface area contributed by atoms with Crippen LogP contribution < -0.4 is 10.6 Å². The lowest BCUT2D eigenvalue weighted by Gasteiger charge is -2.28. The van der Waals surface area contributed by atoms with Gasteiger partial charge in [0.25, 0.3) is 0 Å². The average Bonchev–Trinajstić information content (AvgIpc) is 3.10. The maximum Gasteiger partial charge on any atom is 0.224 e. The maximum atomic E-state index is 14.2. The normalized spacial score (nSPS) is 19.0. The number of piperidine rings is 1. The van der Waals surface area contributed by atoms with Crippen LogP contribution in [0.5, 0.6) is 0 Å². The standard InChI is InChI=1S/C18H23FN4O/c1-13(14-4-2-7-20-12-14)10-18(24)22-15-5-6-17(16(19)11-15)23-9-3-8-21-23/h3,5-6,8-9,11,13-14,20H,2,4,7,10,12H2,1H3,(H,22,24). The number of amides is 1. The molecule has 0 spiro atoms. The molecule has 3 rings (SSSR count). The number of nitrogens with zero attached hydrogens (tertiary/aromatic N) is 2. The summed E-state index contributed by atoms with van der Waals surface area (Å²) in [4.78, 5) is 12.2. The third-order valence-electron chi connectivity index (χ3n) is 4.63. The Hall–Kier alpha value is -2.21. The molecule has 5 nitrogen and oxygen atoms in total. The number of aromatic nitrogens is 2. The molecule has 0 aliphatic carbocycles. The fourth-order valence-electron chi connectivity index (χ4n) is 3.22. The van der Waals surface area contributed by atoms with E-state index < -0.39 is 5.82 Å². The summed E-state index contributed by atoms with van der Waals surface area (Å²) in [6, 6.07) is 6.38. The summed E-state index contributed by atoms with van der Waals surface area (Å²) in [6.45, 7) is 4.15. The first-order valence-electron chi connectivity index (χ1n) is 8.43. The lowest BCUT2D eigenvalue weighted by molar-refractivity contribution is -0.117. The Balaban J connectivity index is 1.59. The van der Waals surface area contributed by atoms with E-state index >= 15 is 0 Å². The number of benzene rings is 1. The lowest BCUT2D eigenvalue weighted by Crippen LogP contribution is -2.34. The predicted molar refractivity (Wildman–Crippen MR) is 91.5 cm³/mol. The molecule has 2 atom stereocenters. The number of hydrogen-bond acceptors (Lipinski definition) is 3. The first-order valence-corrected chi connectivity index (χ1v) is 8.43. The highest BCUT2D eigenvalue weighted by Gasteiger charge is 2.22. The second kappa shape index (κ2) is 7.57. The molecule has 2 aromatic rings. The van der Waals surface area contributed by atoms with E-state index in [0.717, 1.165) is 25.9 Å². The Morgan fingerprint density at radius 2 is 2.42 bits per heavy atom. The van der Waals surface area contributed by atoms with Crippen LogP contribution in [0.1, 0.15) is 26.2 Å². The molecule has 2 heterocycles.